The Bertz CT molecular complexity index is 631. The Morgan fingerprint density at radius 2 is 1.88 bits per heavy atom. The number of halogens is 1. The van der Waals surface area contributed by atoms with Gasteiger partial charge in [-0.2, -0.15) is 0 Å². The van der Waals surface area contributed by atoms with E-state index in [0.717, 1.165) is 0 Å². The normalized spacial score (nSPS) is 10.2. The minimum absolute atomic E-state index is 0.0903. The summed E-state index contributed by atoms with van der Waals surface area (Å²) in [7, 11) is 0. The molecule has 17 heavy (non-hydrogen) atoms. The molecule has 0 saturated carbocycles. The van der Waals surface area contributed by atoms with Gasteiger partial charge in [-0.3, -0.25) is 14.2 Å². The summed E-state index contributed by atoms with van der Waals surface area (Å²) >= 11 is 5.85. The lowest BCUT2D eigenvalue weighted by atomic mass is 10.1. The van der Waals surface area contributed by atoms with Gasteiger partial charge in [-0.1, -0.05) is 23.7 Å². The Balaban J connectivity index is 2.72. The molecule has 0 saturated heterocycles. The Morgan fingerprint density at radius 1 is 1.18 bits per heavy atom. The van der Waals surface area contributed by atoms with Crippen LogP contribution in [0.5, 0.6) is 0 Å². The number of hydrogen-bond donors (Lipinski definition) is 0. The molecule has 0 spiro atoms. The minimum Gasteiger partial charge on any atom is -0.294 e. The maximum Gasteiger partial charge on any atom is 0.255 e. The van der Waals surface area contributed by atoms with Crippen molar-refractivity contribution in [3.05, 3.63) is 63.5 Å². The molecule has 0 N–H and O–H groups in total. The van der Waals surface area contributed by atoms with Crippen LogP contribution in [0, 0.1) is 0 Å². The van der Waals surface area contributed by atoms with E-state index in [2.05, 4.69) is 0 Å². The maximum absolute atomic E-state index is 11.7. The van der Waals surface area contributed by atoms with Gasteiger partial charge in [0.05, 0.1) is 10.7 Å². The molecule has 0 unspecified atom stereocenters. The highest BCUT2D eigenvalue weighted by Gasteiger charge is 2.09. The third-order valence-corrected chi connectivity index (χ3v) is 2.64. The average molecular weight is 248 g/mol. The molecule has 4 heteroatoms. The van der Waals surface area contributed by atoms with Crippen LogP contribution < -0.4 is 5.56 Å². The van der Waals surface area contributed by atoms with E-state index in [4.69, 9.17) is 11.6 Å². The van der Waals surface area contributed by atoms with Gasteiger partial charge in [-0.05, 0) is 25.1 Å². The largest absolute Gasteiger partial charge is 0.294 e. The van der Waals surface area contributed by atoms with Gasteiger partial charge in [-0.15, -0.1) is 0 Å². The quantitative estimate of drug-likeness (QED) is 0.766. The number of hydrogen-bond acceptors (Lipinski definition) is 2. The van der Waals surface area contributed by atoms with Gasteiger partial charge in [0.1, 0.15) is 0 Å². The van der Waals surface area contributed by atoms with Crippen molar-refractivity contribution in [2.24, 2.45) is 0 Å². The second-order valence-electron chi connectivity index (χ2n) is 3.63. The molecule has 0 bridgehead atoms. The van der Waals surface area contributed by atoms with Crippen LogP contribution >= 0.6 is 11.6 Å². The van der Waals surface area contributed by atoms with Crippen molar-refractivity contribution in [2.75, 3.05) is 0 Å². The van der Waals surface area contributed by atoms with Gasteiger partial charge in [0.2, 0.25) is 0 Å². The predicted octanol–water partition coefficient (Wildman–Crippen LogP) is 2.69. The zero-order chi connectivity index (χ0) is 12.4. The molecule has 3 nitrogen and oxygen atoms in total. The van der Waals surface area contributed by atoms with Crippen LogP contribution in [0.3, 0.4) is 0 Å². The fourth-order valence-electron chi connectivity index (χ4n) is 1.63. The van der Waals surface area contributed by atoms with Crippen LogP contribution in [-0.4, -0.2) is 10.4 Å². The van der Waals surface area contributed by atoms with E-state index in [1.165, 1.54) is 29.8 Å². The molecule has 2 aromatic rings. The number of ketones is 1. The van der Waals surface area contributed by atoms with Crippen LogP contribution in [0.25, 0.3) is 5.69 Å². The molecular formula is C13H10ClNO2. The van der Waals surface area contributed by atoms with E-state index in [1.807, 2.05) is 0 Å². The number of aromatic nitrogens is 1. The molecular weight excluding hydrogens is 238 g/mol. The number of carbonyl (C=O) groups excluding carboxylic acids is 1. The summed E-state index contributed by atoms with van der Waals surface area (Å²) in [6, 6.07) is 9.83. The summed E-state index contributed by atoms with van der Waals surface area (Å²) in [5.41, 5.74) is 0.826. The third kappa shape index (κ3) is 2.29. The zero-order valence-corrected chi connectivity index (χ0v) is 9.94. The molecule has 0 atom stereocenters. The number of nitrogens with zero attached hydrogens (tertiary/aromatic N) is 1. The first-order valence-corrected chi connectivity index (χ1v) is 5.46. The van der Waals surface area contributed by atoms with Crippen molar-refractivity contribution in [1.29, 1.82) is 0 Å². The molecule has 0 radical (unpaired) electrons. The van der Waals surface area contributed by atoms with Crippen molar-refractivity contribution in [2.45, 2.75) is 6.92 Å². The molecule has 0 aliphatic rings. The number of benzene rings is 1. The van der Waals surface area contributed by atoms with Gasteiger partial charge in [0, 0.05) is 17.8 Å². The molecule has 0 aliphatic heterocycles. The van der Waals surface area contributed by atoms with E-state index in [0.29, 0.717) is 16.3 Å². The maximum atomic E-state index is 11.7. The second-order valence-corrected chi connectivity index (χ2v) is 4.07. The van der Waals surface area contributed by atoms with Crippen LogP contribution in [0.2, 0.25) is 5.02 Å². The van der Waals surface area contributed by atoms with Crippen molar-refractivity contribution in [3.63, 3.8) is 0 Å². The number of rotatable bonds is 2. The van der Waals surface area contributed by atoms with Crippen LogP contribution in [0.15, 0.2) is 47.4 Å². The Morgan fingerprint density at radius 3 is 2.59 bits per heavy atom. The van der Waals surface area contributed by atoms with Gasteiger partial charge in [-0.25, -0.2) is 0 Å². The molecule has 0 fully saturated rings. The molecule has 1 aromatic carbocycles. The summed E-state index contributed by atoms with van der Waals surface area (Å²) in [4.78, 5) is 23.2. The van der Waals surface area contributed by atoms with E-state index >= 15 is 0 Å². The average Bonchev–Trinajstić information content (AvgIpc) is 2.32. The second kappa shape index (κ2) is 4.55. The van der Waals surface area contributed by atoms with E-state index in [9.17, 15) is 9.59 Å². The van der Waals surface area contributed by atoms with Crippen molar-refractivity contribution in [1.82, 2.24) is 4.57 Å². The van der Waals surface area contributed by atoms with Crippen molar-refractivity contribution in [3.8, 4) is 5.69 Å². The topological polar surface area (TPSA) is 39.1 Å². The van der Waals surface area contributed by atoms with E-state index in [-0.39, 0.29) is 11.3 Å². The molecule has 2 rings (SSSR count). The molecule has 1 heterocycles. The Labute approximate surface area is 103 Å². The summed E-state index contributed by atoms with van der Waals surface area (Å²) < 4.78 is 1.37. The van der Waals surface area contributed by atoms with E-state index < -0.39 is 0 Å². The smallest absolute Gasteiger partial charge is 0.255 e. The summed E-state index contributed by atoms with van der Waals surface area (Å²) in [6.45, 7) is 1.47. The lowest BCUT2D eigenvalue weighted by Crippen LogP contribution is -2.18. The first-order valence-electron chi connectivity index (χ1n) is 5.08. The summed E-state index contributed by atoms with van der Waals surface area (Å²) in [5, 5.41) is 0.447. The molecule has 86 valence electrons. The number of carbonyl (C=O) groups is 1. The predicted molar refractivity (Wildman–Crippen MR) is 67.1 cm³/mol. The monoisotopic (exact) mass is 247 g/mol. The SMILES string of the molecule is CC(=O)c1ccccc1-n1cc(Cl)ccc1=O. The fraction of sp³-hybridized carbons (Fsp3) is 0.0769. The van der Waals surface area contributed by atoms with E-state index in [1.54, 1.807) is 24.3 Å². The third-order valence-electron chi connectivity index (χ3n) is 2.42. The fourth-order valence-corrected chi connectivity index (χ4v) is 1.79. The Kier molecular flexibility index (Phi) is 3.11. The van der Waals surface area contributed by atoms with Gasteiger partial charge >= 0.3 is 0 Å². The molecule has 0 aliphatic carbocycles. The first kappa shape index (κ1) is 11.6. The lowest BCUT2D eigenvalue weighted by Gasteiger charge is -2.09. The highest BCUT2D eigenvalue weighted by Crippen LogP contribution is 2.15. The molecule has 1 aromatic heterocycles. The minimum atomic E-state index is -0.219. The van der Waals surface area contributed by atoms with Crippen molar-refractivity contribution < 1.29 is 4.79 Å². The highest BCUT2D eigenvalue weighted by molar-refractivity contribution is 6.30. The summed E-state index contributed by atoms with van der Waals surface area (Å²) in [6.07, 6.45) is 1.51. The van der Waals surface area contributed by atoms with Gasteiger partial charge in [0.15, 0.2) is 5.78 Å². The zero-order valence-electron chi connectivity index (χ0n) is 9.18. The van der Waals surface area contributed by atoms with Gasteiger partial charge in [0.25, 0.3) is 5.56 Å². The molecule has 0 amide bonds. The van der Waals surface area contributed by atoms with Crippen LogP contribution in [0.1, 0.15) is 17.3 Å². The highest BCUT2D eigenvalue weighted by atomic mass is 35.5. The first-order chi connectivity index (χ1) is 8.09. The Hall–Kier alpha value is -1.87. The lowest BCUT2D eigenvalue weighted by molar-refractivity contribution is 0.101. The van der Waals surface area contributed by atoms with Crippen LogP contribution in [-0.2, 0) is 0 Å². The van der Waals surface area contributed by atoms with Gasteiger partial charge < -0.3 is 0 Å². The number of Topliss-reactive ketones (excluding diaryl/α,β-unsaturated/α-hetero) is 1. The van der Waals surface area contributed by atoms with Crippen molar-refractivity contribution >= 4 is 17.4 Å². The summed E-state index contributed by atoms with van der Waals surface area (Å²) in [5.74, 6) is -0.0903. The number of para-hydroxylation sites is 1. The van der Waals surface area contributed by atoms with Crippen LogP contribution in [0.4, 0.5) is 0 Å². The standard InChI is InChI=1S/C13H10ClNO2/c1-9(16)11-4-2-3-5-12(11)15-8-10(14)6-7-13(15)17/h2-8H,1H3. The number of pyridine rings is 1.